The Hall–Kier alpha value is -1.33. The standard InChI is InChI=1S/C9H9F3N2O/c10-9(11,12)8-5-7(6-1-2-6)14(13-8)3-4-15/h4-6H,1-3H2. The second-order valence-electron chi connectivity index (χ2n) is 3.58. The van der Waals surface area contributed by atoms with Crippen molar-refractivity contribution >= 4 is 6.29 Å². The molecule has 0 atom stereocenters. The average Bonchev–Trinajstić information content (AvgIpc) is 2.87. The van der Waals surface area contributed by atoms with Crippen molar-refractivity contribution in [2.45, 2.75) is 31.5 Å². The van der Waals surface area contributed by atoms with Gasteiger partial charge in [-0.3, -0.25) is 4.68 Å². The molecule has 0 amide bonds. The molecule has 2 rings (SSSR count). The molecule has 1 aromatic heterocycles. The van der Waals surface area contributed by atoms with Crippen LogP contribution in [0.25, 0.3) is 0 Å². The Morgan fingerprint density at radius 2 is 2.20 bits per heavy atom. The zero-order valence-electron chi connectivity index (χ0n) is 7.79. The molecule has 0 unspecified atom stereocenters. The van der Waals surface area contributed by atoms with Gasteiger partial charge in [0.1, 0.15) is 6.29 Å². The lowest BCUT2D eigenvalue weighted by Crippen LogP contribution is -2.09. The molecule has 0 aliphatic heterocycles. The van der Waals surface area contributed by atoms with Crippen LogP contribution in [0.1, 0.15) is 30.1 Å². The highest BCUT2D eigenvalue weighted by Gasteiger charge is 2.37. The minimum Gasteiger partial charge on any atom is -0.301 e. The summed E-state index contributed by atoms with van der Waals surface area (Å²) < 4.78 is 38.2. The van der Waals surface area contributed by atoms with Crippen molar-refractivity contribution in [3.63, 3.8) is 0 Å². The fourth-order valence-electron chi connectivity index (χ4n) is 1.49. The van der Waals surface area contributed by atoms with Crippen LogP contribution in [0.15, 0.2) is 6.07 Å². The molecule has 0 spiro atoms. The molecule has 6 heteroatoms. The first-order valence-corrected chi connectivity index (χ1v) is 4.61. The number of hydrogen-bond acceptors (Lipinski definition) is 2. The quantitative estimate of drug-likeness (QED) is 0.727. The zero-order chi connectivity index (χ0) is 11.1. The largest absolute Gasteiger partial charge is 0.435 e. The van der Waals surface area contributed by atoms with E-state index in [0.717, 1.165) is 23.6 Å². The van der Waals surface area contributed by atoms with Crippen molar-refractivity contribution in [3.8, 4) is 0 Å². The predicted octanol–water partition coefficient (Wildman–Crippen LogP) is 1.98. The Bertz CT molecular complexity index is 379. The Labute approximate surface area is 83.9 Å². The molecule has 1 aliphatic carbocycles. The third-order valence-electron chi connectivity index (χ3n) is 2.34. The van der Waals surface area contributed by atoms with Crippen LogP contribution in [0.5, 0.6) is 0 Å². The minimum atomic E-state index is -4.43. The molecular weight excluding hydrogens is 209 g/mol. The van der Waals surface area contributed by atoms with E-state index in [-0.39, 0.29) is 12.5 Å². The molecular formula is C9H9F3N2O. The maximum atomic E-state index is 12.3. The molecule has 0 aromatic carbocycles. The lowest BCUT2D eigenvalue weighted by atomic mass is 10.2. The highest BCUT2D eigenvalue weighted by atomic mass is 19.4. The van der Waals surface area contributed by atoms with Gasteiger partial charge in [0.15, 0.2) is 5.69 Å². The maximum Gasteiger partial charge on any atom is 0.435 e. The summed E-state index contributed by atoms with van der Waals surface area (Å²) in [5.74, 6) is 0.147. The summed E-state index contributed by atoms with van der Waals surface area (Å²) in [4.78, 5) is 10.3. The first-order valence-electron chi connectivity index (χ1n) is 4.61. The van der Waals surface area contributed by atoms with Gasteiger partial charge in [-0.25, -0.2) is 0 Å². The fourth-order valence-corrected chi connectivity index (χ4v) is 1.49. The van der Waals surface area contributed by atoms with Crippen LogP contribution >= 0.6 is 0 Å². The van der Waals surface area contributed by atoms with Gasteiger partial charge >= 0.3 is 6.18 Å². The summed E-state index contributed by atoms with van der Waals surface area (Å²) >= 11 is 0. The van der Waals surface area contributed by atoms with E-state index in [2.05, 4.69) is 5.10 Å². The number of carbonyl (C=O) groups excluding carboxylic acids is 1. The molecule has 1 heterocycles. The topological polar surface area (TPSA) is 34.9 Å². The van der Waals surface area contributed by atoms with Crippen molar-refractivity contribution in [1.29, 1.82) is 0 Å². The van der Waals surface area contributed by atoms with Crippen LogP contribution in [0.4, 0.5) is 13.2 Å². The second-order valence-corrected chi connectivity index (χ2v) is 3.58. The molecule has 1 saturated carbocycles. The molecule has 0 N–H and O–H groups in total. The van der Waals surface area contributed by atoms with E-state index >= 15 is 0 Å². The molecule has 0 radical (unpaired) electrons. The van der Waals surface area contributed by atoms with Crippen molar-refractivity contribution in [2.75, 3.05) is 0 Å². The highest BCUT2D eigenvalue weighted by Crippen LogP contribution is 2.41. The Kier molecular flexibility index (Phi) is 2.28. The molecule has 82 valence electrons. The van der Waals surface area contributed by atoms with Crippen LogP contribution in [0.3, 0.4) is 0 Å². The fraction of sp³-hybridized carbons (Fsp3) is 0.556. The Morgan fingerprint density at radius 3 is 2.67 bits per heavy atom. The Balaban J connectivity index is 2.35. The number of carbonyl (C=O) groups is 1. The molecule has 1 fully saturated rings. The van der Waals surface area contributed by atoms with Crippen molar-refractivity contribution in [2.24, 2.45) is 0 Å². The number of alkyl halides is 3. The van der Waals surface area contributed by atoms with Gasteiger partial charge in [-0.1, -0.05) is 0 Å². The molecule has 1 aliphatic rings. The third kappa shape index (κ3) is 2.03. The van der Waals surface area contributed by atoms with Crippen LogP contribution in [0, 0.1) is 0 Å². The van der Waals surface area contributed by atoms with Gasteiger partial charge in [-0.2, -0.15) is 18.3 Å². The van der Waals surface area contributed by atoms with Gasteiger partial charge in [0.25, 0.3) is 0 Å². The molecule has 0 saturated heterocycles. The molecule has 3 nitrogen and oxygen atoms in total. The van der Waals surface area contributed by atoms with Crippen LogP contribution in [-0.2, 0) is 17.5 Å². The molecule has 1 aromatic rings. The van der Waals surface area contributed by atoms with Gasteiger partial charge in [-0.15, -0.1) is 0 Å². The van der Waals surface area contributed by atoms with E-state index in [1.54, 1.807) is 0 Å². The lowest BCUT2D eigenvalue weighted by Gasteiger charge is -2.00. The maximum absolute atomic E-state index is 12.3. The van der Waals surface area contributed by atoms with Gasteiger partial charge < -0.3 is 4.79 Å². The first-order chi connectivity index (χ1) is 7.02. The average molecular weight is 218 g/mol. The van der Waals surface area contributed by atoms with Gasteiger partial charge in [0.2, 0.25) is 0 Å². The van der Waals surface area contributed by atoms with Crippen LogP contribution in [-0.4, -0.2) is 16.1 Å². The second kappa shape index (κ2) is 3.36. The van der Waals surface area contributed by atoms with Gasteiger partial charge in [0, 0.05) is 11.6 Å². The van der Waals surface area contributed by atoms with E-state index in [1.807, 2.05) is 0 Å². The zero-order valence-corrected chi connectivity index (χ0v) is 7.79. The summed E-state index contributed by atoms with van der Waals surface area (Å²) in [5.41, 5.74) is -0.388. The van der Waals surface area contributed by atoms with Gasteiger partial charge in [-0.05, 0) is 18.9 Å². The predicted molar refractivity (Wildman–Crippen MR) is 45.3 cm³/mol. The number of halogens is 3. The summed E-state index contributed by atoms with van der Waals surface area (Å²) in [6.45, 7) is -0.109. The summed E-state index contributed by atoms with van der Waals surface area (Å²) in [6.07, 6.45) is -2.12. The van der Waals surface area contributed by atoms with Crippen molar-refractivity contribution in [1.82, 2.24) is 9.78 Å². The summed E-state index contributed by atoms with van der Waals surface area (Å²) in [7, 11) is 0. The molecule has 15 heavy (non-hydrogen) atoms. The first kappa shape index (κ1) is 10.2. The van der Waals surface area contributed by atoms with E-state index in [0.29, 0.717) is 12.0 Å². The number of aldehydes is 1. The van der Waals surface area contributed by atoms with E-state index in [9.17, 15) is 18.0 Å². The number of aromatic nitrogens is 2. The lowest BCUT2D eigenvalue weighted by molar-refractivity contribution is -0.141. The van der Waals surface area contributed by atoms with E-state index < -0.39 is 11.9 Å². The number of rotatable bonds is 3. The Morgan fingerprint density at radius 1 is 1.53 bits per heavy atom. The smallest absolute Gasteiger partial charge is 0.301 e. The third-order valence-corrected chi connectivity index (χ3v) is 2.34. The SMILES string of the molecule is O=CCn1nc(C(F)(F)F)cc1C1CC1. The normalized spacial score (nSPS) is 16.7. The van der Waals surface area contributed by atoms with Crippen LogP contribution < -0.4 is 0 Å². The van der Waals surface area contributed by atoms with Crippen molar-refractivity contribution in [3.05, 3.63) is 17.5 Å². The number of nitrogens with zero attached hydrogens (tertiary/aromatic N) is 2. The number of hydrogen-bond donors (Lipinski definition) is 0. The summed E-state index contributed by atoms with van der Waals surface area (Å²) in [6, 6.07) is 1.04. The van der Waals surface area contributed by atoms with E-state index in [4.69, 9.17) is 0 Å². The minimum absolute atomic E-state index is 0.109. The van der Waals surface area contributed by atoms with Crippen molar-refractivity contribution < 1.29 is 18.0 Å². The van der Waals surface area contributed by atoms with E-state index in [1.165, 1.54) is 0 Å². The van der Waals surface area contributed by atoms with Crippen LogP contribution in [0.2, 0.25) is 0 Å². The van der Waals surface area contributed by atoms with Gasteiger partial charge in [0.05, 0.1) is 6.54 Å². The monoisotopic (exact) mass is 218 g/mol. The summed E-state index contributed by atoms with van der Waals surface area (Å²) in [5, 5.41) is 3.39. The highest BCUT2D eigenvalue weighted by molar-refractivity contribution is 5.49. The molecule has 0 bridgehead atoms.